The van der Waals surface area contributed by atoms with Crippen LogP contribution in [0.15, 0.2) is 249 Å². The molecule has 4 aliphatic carbocycles. The van der Waals surface area contributed by atoms with Crippen LogP contribution in [0.2, 0.25) is 0 Å². The number of fused-ring (bicyclic) bond motifs is 24. The van der Waals surface area contributed by atoms with Gasteiger partial charge in [-0.25, -0.2) is 0 Å². The first-order valence-corrected chi connectivity index (χ1v) is 26.9. The average molecular weight is 952 g/mol. The molecule has 2 spiro atoms. The van der Waals surface area contributed by atoms with Crippen LogP contribution in [0.25, 0.3) is 98.4 Å². The molecular weight excluding hydrogens is 903 g/mol. The third kappa shape index (κ3) is 5.47. The molecule has 0 amide bonds. The Hall–Kier alpha value is -9.04. The molecule has 13 aromatic rings. The number of hydrogen-bond acceptors (Lipinski definition) is 1. The van der Waals surface area contributed by atoms with Crippen molar-refractivity contribution in [3.05, 3.63) is 282 Å². The lowest BCUT2D eigenvalue weighted by Gasteiger charge is -2.34. The summed E-state index contributed by atoms with van der Waals surface area (Å²) in [6.45, 7) is 0. The minimum atomic E-state index is -0.521. The lowest BCUT2D eigenvalue weighted by atomic mass is 9.70. The van der Waals surface area contributed by atoms with Crippen LogP contribution in [0.1, 0.15) is 59.1 Å². The molecule has 350 valence electrons. The Kier molecular flexibility index (Phi) is 8.43. The summed E-state index contributed by atoms with van der Waals surface area (Å²) in [5, 5.41) is 12.6. The zero-order chi connectivity index (χ0) is 49.0. The van der Waals surface area contributed by atoms with Gasteiger partial charge in [0, 0.05) is 22.4 Å². The van der Waals surface area contributed by atoms with Gasteiger partial charge in [0.15, 0.2) is 0 Å². The maximum atomic E-state index is 2.63. The lowest BCUT2D eigenvalue weighted by molar-refractivity contribution is 0.550. The summed E-state index contributed by atoms with van der Waals surface area (Å²) in [6, 6.07) is 95.6. The molecule has 75 heavy (non-hydrogen) atoms. The molecule has 0 saturated heterocycles. The van der Waals surface area contributed by atoms with E-state index >= 15 is 0 Å². The Morgan fingerprint density at radius 1 is 0.267 bits per heavy atom. The summed E-state index contributed by atoms with van der Waals surface area (Å²) in [4.78, 5) is 2.62. The highest BCUT2D eigenvalue weighted by atomic mass is 15.1. The van der Waals surface area contributed by atoms with E-state index in [1.165, 1.54) is 163 Å². The lowest BCUT2D eigenvalue weighted by Crippen LogP contribution is -2.26. The van der Waals surface area contributed by atoms with Crippen molar-refractivity contribution in [3.8, 4) is 44.5 Å². The van der Waals surface area contributed by atoms with Crippen molar-refractivity contribution < 1.29 is 0 Å². The smallest absolute Gasteiger partial charge is 0.0726 e. The minimum absolute atomic E-state index is 0.0235. The number of nitrogens with zero attached hydrogens (tertiary/aromatic N) is 1. The standard InChI is InChI=1S/C74H49N/c1-2-18-51-46(17-1)31-32-47-41-49(34-37-52(47)51)75(50-35-38-57-55-21-4-3-19-53(55)54-20-5-6-22-56(54)64(57)43-50)72-45-71-65(44-63(72)48-33-36-62-58-23-7-11-27-66(58)73(70(62)42-48)39-15-16-40-73)61-26-10-14-30-69(61)74(71)67-28-12-8-24-59(67)60-25-9-13-29-68(60)74/h1-14,17-38,41-45H,15-16,39-40H2. The van der Waals surface area contributed by atoms with E-state index in [4.69, 9.17) is 0 Å². The molecule has 0 N–H and O–H groups in total. The highest BCUT2D eigenvalue weighted by Gasteiger charge is 2.52. The summed E-state index contributed by atoms with van der Waals surface area (Å²) in [6.07, 6.45) is 4.87. The number of benzene rings is 13. The molecule has 1 saturated carbocycles. The van der Waals surface area contributed by atoms with Gasteiger partial charge in [0.25, 0.3) is 0 Å². The third-order valence-electron chi connectivity index (χ3n) is 18.4. The second kappa shape index (κ2) is 15.3. The molecule has 0 atom stereocenters. The molecule has 0 unspecified atom stereocenters. The van der Waals surface area contributed by atoms with Crippen LogP contribution in [0.5, 0.6) is 0 Å². The summed E-state index contributed by atoms with van der Waals surface area (Å²) in [5.74, 6) is 0. The van der Waals surface area contributed by atoms with Gasteiger partial charge in [0.2, 0.25) is 0 Å². The fourth-order valence-electron chi connectivity index (χ4n) is 15.3. The van der Waals surface area contributed by atoms with Crippen molar-refractivity contribution in [1.29, 1.82) is 0 Å². The van der Waals surface area contributed by atoms with Crippen LogP contribution in [0, 0.1) is 0 Å². The Labute approximate surface area is 436 Å². The SMILES string of the molecule is c1ccc2c(c1)-c1ccc(-c3cc4c(cc3N(c3ccc5c(ccc6ccccc65)c3)c3ccc5c6ccccc6c6ccccc6c5c3)C3(c5ccccc5-c5ccccc53)c3ccccc3-4)cc1C21CCCC1. The monoisotopic (exact) mass is 951 g/mol. The van der Waals surface area contributed by atoms with Crippen LogP contribution in [0.3, 0.4) is 0 Å². The quantitative estimate of drug-likeness (QED) is 0.159. The van der Waals surface area contributed by atoms with Crippen molar-refractivity contribution in [1.82, 2.24) is 0 Å². The van der Waals surface area contributed by atoms with Gasteiger partial charge < -0.3 is 4.90 Å². The molecule has 0 aromatic heterocycles. The van der Waals surface area contributed by atoms with E-state index in [-0.39, 0.29) is 5.41 Å². The summed E-state index contributed by atoms with van der Waals surface area (Å²) >= 11 is 0. The first-order chi connectivity index (χ1) is 37.2. The van der Waals surface area contributed by atoms with Crippen LogP contribution < -0.4 is 4.90 Å². The highest BCUT2D eigenvalue weighted by molar-refractivity contribution is 6.26. The molecule has 0 aliphatic heterocycles. The van der Waals surface area contributed by atoms with Gasteiger partial charge in [-0.3, -0.25) is 0 Å². The van der Waals surface area contributed by atoms with Gasteiger partial charge in [0.1, 0.15) is 0 Å². The predicted octanol–water partition coefficient (Wildman–Crippen LogP) is 19.8. The van der Waals surface area contributed by atoms with Crippen molar-refractivity contribution in [3.63, 3.8) is 0 Å². The summed E-state index contributed by atoms with van der Waals surface area (Å²) in [7, 11) is 0. The first-order valence-electron chi connectivity index (χ1n) is 26.9. The Balaban J connectivity index is 1.01. The first kappa shape index (κ1) is 41.4. The maximum absolute atomic E-state index is 2.63. The van der Waals surface area contributed by atoms with Crippen LogP contribution >= 0.6 is 0 Å². The van der Waals surface area contributed by atoms with Gasteiger partial charge in [-0.1, -0.05) is 219 Å². The number of anilines is 3. The van der Waals surface area contributed by atoms with Crippen LogP contribution in [-0.2, 0) is 10.8 Å². The van der Waals surface area contributed by atoms with Crippen LogP contribution in [0.4, 0.5) is 17.1 Å². The zero-order valence-electron chi connectivity index (χ0n) is 41.4. The van der Waals surface area contributed by atoms with Gasteiger partial charge in [-0.15, -0.1) is 0 Å². The van der Waals surface area contributed by atoms with Gasteiger partial charge in [-0.2, -0.15) is 0 Å². The molecular formula is C74H49N. The zero-order valence-corrected chi connectivity index (χ0v) is 41.4. The Morgan fingerprint density at radius 3 is 1.39 bits per heavy atom. The molecule has 13 aromatic carbocycles. The fraction of sp³-hybridized carbons (Fsp3) is 0.0811. The minimum Gasteiger partial charge on any atom is -0.310 e. The second-order valence-corrected chi connectivity index (χ2v) is 21.7. The largest absolute Gasteiger partial charge is 0.310 e. The topological polar surface area (TPSA) is 3.24 Å². The van der Waals surface area contributed by atoms with E-state index in [9.17, 15) is 0 Å². The molecule has 1 heteroatoms. The molecule has 0 heterocycles. The van der Waals surface area contributed by atoms with Gasteiger partial charge >= 0.3 is 0 Å². The molecule has 4 aliphatic rings. The van der Waals surface area contributed by atoms with E-state index in [0.29, 0.717) is 0 Å². The normalized spacial score (nSPS) is 14.9. The summed E-state index contributed by atoms with van der Waals surface area (Å²) < 4.78 is 0. The molecule has 0 bridgehead atoms. The Morgan fingerprint density at radius 2 is 0.733 bits per heavy atom. The highest BCUT2D eigenvalue weighted by Crippen LogP contribution is 2.65. The molecule has 0 radical (unpaired) electrons. The maximum Gasteiger partial charge on any atom is 0.0726 e. The van der Waals surface area contributed by atoms with E-state index in [1.54, 1.807) is 0 Å². The van der Waals surface area contributed by atoms with E-state index < -0.39 is 5.41 Å². The van der Waals surface area contributed by atoms with Crippen molar-refractivity contribution >= 4 is 70.9 Å². The third-order valence-corrected chi connectivity index (χ3v) is 18.4. The fourth-order valence-corrected chi connectivity index (χ4v) is 15.3. The Bertz CT molecular complexity index is 4540. The number of hydrogen-bond donors (Lipinski definition) is 0. The van der Waals surface area contributed by atoms with Gasteiger partial charge in [0.05, 0.1) is 11.1 Å². The summed E-state index contributed by atoms with van der Waals surface area (Å²) in [5.41, 5.74) is 21.8. The van der Waals surface area contributed by atoms with Crippen molar-refractivity contribution in [2.24, 2.45) is 0 Å². The van der Waals surface area contributed by atoms with E-state index in [1.807, 2.05) is 0 Å². The average Bonchev–Trinajstić information content (AvgIpc) is 4.34. The van der Waals surface area contributed by atoms with Crippen LogP contribution in [-0.4, -0.2) is 0 Å². The molecule has 1 fully saturated rings. The molecule has 17 rings (SSSR count). The van der Waals surface area contributed by atoms with E-state index in [2.05, 4.69) is 254 Å². The van der Waals surface area contributed by atoms with Crippen molar-refractivity contribution in [2.75, 3.05) is 4.90 Å². The van der Waals surface area contributed by atoms with Gasteiger partial charge in [-0.05, 0) is 181 Å². The van der Waals surface area contributed by atoms with Crippen molar-refractivity contribution in [2.45, 2.75) is 36.5 Å². The number of rotatable bonds is 4. The second-order valence-electron chi connectivity index (χ2n) is 21.7. The predicted molar refractivity (Wildman–Crippen MR) is 315 cm³/mol. The van der Waals surface area contributed by atoms with E-state index in [0.717, 1.165) is 11.4 Å². The molecule has 1 nitrogen and oxygen atoms in total.